The summed E-state index contributed by atoms with van der Waals surface area (Å²) in [4.78, 5) is 22.4. The molecule has 1 aliphatic carbocycles. The first-order chi connectivity index (χ1) is 11.5. The second-order valence-electron chi connectivity index (χ2n) is 6.74. The molecule has 0 radical (unpaired) electrons. The molecule has 0 unspecified atom stereocenters. The van der Waals surface area contributed by atoms with Gasteiger partial charge >= 0.3 is 5.97 Å². The van der Waals surface area contributed by atoms with Crippen molar-refractivity contribution in [3.63, 3.8) is 0 Å². The Kier molecular flexibility index (Phi) is 10.3. The van der Waals surface area contributed by atoms with Crippen LogP contribution in [0, 0.1) is 11.8 Å². The molecule has 1 aliphatic rings. The molecule has 0 aliphatic heterocycles. The number of carbonyl (C=O) groups excluding carboxylic acids is 1. The lowest BCUT2D eigenvalue weighted by Crippen LogP contribution is -2.15. The van der Waals surface area contributed by atoms with E-state index in [0.717, 1.165) is 51.4 Å². The third-order valence-corrected chi connectivity index (χ3v) is 4.63. The third-order valence-electron chi connectivity index (χ3n) is 4.63. The summed E-state index contributed by atoms with van der Waals surface area (Å²) in [6, 6.07) is 0. The molecule has 0 fully saturated rings. The van der Waals surface area contributed by atoms with Gasteiger partial charge < -0.3 is 10.2 Å². The number of carbonyl (C=O) groups is 2. The molecular weight excluding hydrogens is 304 g/mol. The van der Waals surface area contributed by atoms with Gasteiger partial charge in [-0.25, -0.2) is 0 Å². The van der Waals surface area contributed by atoms with E-state index in [0.29, 0.717) is 6.42 Å². The summed E-state index contributed by atoms with van der Waals surface area (Å²) in [5.74, 6) is -0.482. The summed E-state index contributed by atoms with van der Waals surface area (Å²) in [6.07, 6.45) is 15.7. The summed E-state index contributed by atoms with van der Waals surface area (Å²) in [5.41, 5.74) is 0. The van der Waals surface area contributed by atoms with Gasteiger partial charge in [-0.05, 0) is 25.3 Å². The van der Waals surface area contributed by atoms with Crippen LogP contribution in [0.1, 0.15) is 71.1 Å². The van der Waals surface area contributed by atoms with Crippen LogP contribution in [0.4, 0.5) is 0 Å². The monoisotopic (exact) mass is 336 g/mol. The predicted molar refractivity (Wildman–Crippen MR) is 95.8 cm³/mol. The van der Waals surface area contributed by atoms with Crippen molar-refractivity contribution in [2.45, 2.75) is 77.2 Å². The fourth-order valence-corrected chi connectivity index (χ4v) is 3.14. The van der Waals surface area contributed by atoms with Crippen LogP contribution in [-0.2, 0) is 9.59 Å². The Labute approximate surface area is 145 Å². The number of aliphatic hydroxyl groups excluding tert-OH is 1. The zero-order chi connectivity index (χ0) is 17.8. The van der Waals surface area contributed by atoms with Crippen LogP contribution in [0.2, 0.25) is 0 Å². The maximum Gasteiger partial charge on any atom is 0.303 e. The summed E-state index contributed by atoms with van der Waals surface area (Å²) in [5, 5.41) is 18.6. The van der Waals surface area contributed by atoms with Crippen molar-refractivity contribution in [1.82, 2.24) is 0 Å². The highest BCUT2D eigenvalue weighted by atomic mass is 16.4. The molecule has 3 atom stereocenters. The normalized spacial score (nSPS) is 21.7. The Balaban J connectivity index is 2.29. The molecule has 0 aromatic heterocycles. The van der Waals surface area contributed by atoms with Crippen LogP contribution < -0.4 is 0 Å². The number of hydrogen-bond donors (Lipinski definition) is 2. The lowest BCUT2D eigenvalue weighted by atomic mass is 9.88. The first-order valence-electron chi connectivity index (χ1n) is 9.34. The average molecular weight is 336 g/mol. The van der Waals surface area contributed by atoms with Gasteiger partial charge in [-0.1, -0.05) is 63.7 Å². The van der Waals surface area contributed by atoms with Gasteiger partial charge in [0.2, 0.25) is 0 Å². The minimum Gasteiger partial charge on any atom is -0.481 e. The quantitative estimate of drug-likeness (QED) is 0.389. The van der Waals surface area contributed by atoms with Crippen molar-refractivity contribution in [3.05, 3.63) is 24.3 Å². The van der Waals surface area contributed by atoms with E-state index in [2.05, 4.69) is 6.92 Å². The van der Waals surface area contributed by atoms with Crippen molar-refractivity contribution in [1.29, 1.82) is 0 Å². The van der Waals surface area contributed by atoms with Gasteiger partial charge in [0.1, 0.15) is 0 Å². The Morgan fingerprint density at radius 2 is 1.96 bits per heavy atom. The second-order valence-corrected chi connectivity index (χ2v) is 6.74. The molecule has 0 amide bonds. The van der Waals surface area contributed by atoms with E-state index in [1.807, 2.05) is 18.2 Å². The number of carboxylic acid groups (broad SMARTS) is 1. The fraction of sp³-hybridized carbons (Fsp3) is 0.700. The minimum absolute atomic E-state index is 0.0106. The maximum atomic E-state index is 12.0. The van der Waals surface area contributed by atoms with Crippen LogP contribution in [0.5, 0.6) is 0 Å². The van der Waals surface area contributed by atoms with Gasteiger partial charge in [0.25, 0.3) is 0 Å². The van der Waals surface area contributed by atoms with Gasteiger partial charge in [-0.15, -0.1) is 0 Å². The molecule has 0 heterocycles. The lowest BCUT2D eigenvalue weighted by molar-refractivity contribution is -0.137. The lowest BCUT2D eigenvalue weighted by Gasteiger charge is -2.15. The van der Waals surface area contributed by atoms with Gasteiger partial charge in [0.15, 0.2) is 5.78 Å². The van der Waals surface area contributed by atoms with Crippen LogP contribution in [-0.4, -0.2) is 28.1 Å². The number of carboxylic acids is 1. The number of ketones is 1. The topological polar surface area (TPSA) is 74.6 Å². The van der Waals surface area contributed by atoms with Crippen molar-refractivity contribution >= 4 is 11.8 Å². The molecule has 0 bridgehead atoms. The summed E-state index contributed by atoms with van der Waals surface area (Å²) in [6.45, 7) is 2.14. The van der Waals surface area contributed by atoms with Gasteiger partial charge in [-0.3, -0.25) is 9.59 Å². The molecule has 4 nitrogen and oxygen atoms in total. The maximum absolute atomic E-state index is 12.0. The van der Waals surface area contributed by atoms with Crippen molar-refractivity contribution < 1.29 is 19.8 Å². The summed E-state index contributed by atoms with van der Waals surface area (Å²) in [7, 11) is 0. The molecule has 0 aromatic rings. The van der Waals surface area contributed by atoms with Crippen molar-refractivity contribution in [2.75, 3.05) is 0 Å². The number of rotatable bonds is 13. The predicted octanol–water partition coefficient (Wildman–Crippen LogP) is 4.28. The number of allylic oxidation sites excluding steroid dienone is 3. The van der Waals surface area contributed by atoms with Crippen molar-refractivity contribution in [2.24, 2.45) is 11.8 Å². The first-order valence-corrected chi connectivity index (χ1v) is 9.34. The third kappa shape index (κ3) is 8.44. The average Bonchev–Trinajstić information content (AvgIpc) is 2.89. The highest BCUT2D eigenvalue weighted by Gasteiger charge is 2.27. The molecule has 24 heavy (non-hydrogen) atoms. The smallest absolute Gasteiger partial charge is 0.303 e. The summed E-state index contributed by atoms with van der Waals surface area (Å²) >= 11 is 0. The number of unbranched alkanes of at least 4 members (excludes halogenated alkanes) is 5. The Bertz CT molecular complexity index is 439. The Morgan fingerprint density at radius 1 is 1.21 bits per heavy atom. The van der Waals surface area contributed by atoms with E-state index in [4.69, 9.17) is 5.11 Å². The Morgan fingerprint density at radius 3 is 2.67 bits per heavy atom. The highest BCUT2D eigenvalue weighted by molar-refractivity contribution is 5.94. The van der Waals surface area contributed by atoms with Gasteiger partial charge in [0.05, 0.1) is 6.10 Å². The molecular formula is C20H32O4. The minimum atomic E-state index is -0.743. The van der Waals surface area contributed by atoms with Gasteiger partial charge in [-0.2, -0.15) is 0 Å². The number of aliphatic carboxylic acids is 1. The fourth-order valence-electron chi connectivity index (χ4n) is 3.14. The molecule has 1 rings (SSSR count). The molecule has 0 aromatic carbocycles. The SMILES string of the molecule is CCCCC[C@H](O)/C=C\[C@@H]1C=CC(=O)[C@@H]1CCCCCCC(=O)O. The summed E-state index contributed by atoms with van der Waals surface area (Å²) < 4.78 is 0. The van der Waals surface area contributed by atoms with Crippen LogP contribution in [0.3, 0.4) is 0 Å². The second kappa shape index (κ2) is 12.0. The van der Waals surface area contributed by atoms with E-state index in [9.17, 15) is 14.7 Å². The number of aliphatic hydroxyl groups is 1. The number of hydrogen-bond acceptors (Lipinski definition) is 3. The van der Waals surface area contributed by atoms with E-state index in [1.54, 1.807) is 6.08 Å². The van der Waals surface area contributed by atoms with Crippen LogP contribution in [0.25, 0.3) is 0 Å². The highest BCUT2D eigenvalue weighted by Crippen LogP contribution is 2.29. The first kappa shape index (κ1) is 20.6. The standard InChI is InChI=1S/C20H32O4/c1-2-3-6-9-17(21)14-12-16-13-15-19(22)18(16)10-7-4-5-8-11-20(23)24/h12-18,21H,2-11H2,1H3,(H,23,24)/b14-12-/t16-,17+,18-/m1/s1. The molecule has 0 saturated heterocycles. The van der Waals surface area contributed by atoms with E-state index >= 15 is 0 Å². The van der Waals surface area contributed by atoms with E-state index in [-0.39, 0.29) is 24.0 Å². The largest absolute Gasteiger partial charge is 0.481 e. The van der Waals surface area contributed by atoms with Crippen LogP contribution in [0.15, 0.2) is 24.3 Å². The zero-order valence-corrected chi connectivity index (χ0v) is 14.8. The molecule has 4 heteroatoms. The molecule has 2 N–H and O–H groups in total. The van der Waals surface area contributed by atoms with Crippen molar-refractivity contribution in [3.8, 4) is 0 Å². The zero-order valence-electron chi connectivity index (χ0n) is 14.8. The molecule has 0 saturated carbocycles. The van der Waals surface area contributed by atoms with Gasteiger partial charge in [0, 0.05) is 18.3 Å². The van der Waals surface area contributed by atoms with E-state index < -0.39 is 12.1 Å². The Hall–Kier alpha value is -1.42. The van der Waals surface area contributed by atoms with Crippen LogP contribution >= 0.6 is 0 Å². The van der Waals surface area contributed by atoms with E-state index in [1.165, 1.54) is 0 Å². The molecule has 0 spiro atoms. The molecule has 136 valence electrons.